The van der Waals surface area contributed by atoms with E-state index in [0.29, 0.717) is 30.1 Å². The van der Waals surface area contributed by atoms with Gasteiger partial charge in [-0.25, -0.2) is 13.6 Å². The first-order valence-corrected chi connectivity index (χ1v) is 6.56. The van der Waals surface area contributed by atoms with Crippen LogP contribution in [0, 0.1) is 6.92 Å². The van der Waals surface area contributed by atoms with E-state index < -0.39 is 10.0 Å². The SMILES string of the molecule is COCCNc1cc(N)cc(S(N)(=O)=O)c1C. The molecule has 0 atom stereocenters. The molecule has 7 heteroatoms. The minimum atomic E-state index is -3.76. The number of nitrogen functional groups attached to an aromatic ring is 1. The van der Waals surface area contributed by atoms with Gasteiger partial charge in [-0.2, -0.15) is 0 Å². The first-order valence-electron chi connectivity index (χ1n) is 5.02. The Morgan fingerprint density at radius 1 is 1.41 bits per heavy atom. The lowest BCUT2D eigenvalue weighted by Crippen LogP contribution is -2.16. The number of sulfonamides is 1. The van der Waals surface area contributed by atoms with Crippen molar-refractivity contribution >= 4 is 21.4 Å². The number of primary sulfonamides is 1. The van der Waals surface area contributed by atoms with Crippen LogP contribution in [0.15, 0.2) is 17.0 Å². The van der Waals surface area contributed by atoms with E-state index >= 15 is 0 Å². The summed E-state index contributed by atoms with van der Waals surface area (Å²) in [6, 6.07) is 3.02. The first-order chi connectivity index (χ1) is 7.86. The number of nitrogens with one attached hydrogen (secondary N) is 1. The maximum Gasteiger partial charge on any atom is 0.238 e. The number of benzene rings is 1. The van der Waals surface area contributed by atoms with Gasteiger partial charge in [0.25, 0.3) is 0 Å². The number of hydrogen-bond acceptors (Lipinski definition) is 5. The highest BCUT2D eigenvalue weighted by Crippen LogP contribution is 2.25. The van der Waals surface area contributed by atoms with Crippen LogP contribution in [-0.4, -0.2) is 28.7 Å². The van der Waals surface area contributed by atoms with Crippen molar-refractivity contribution in [1.82, 2.24) is 0 Å². The second-order valence-electron chi connectivity index (χ2n) is 3.66. The van der Waals surface area contributed by atoms with Crippen LogP contribution in [0.3, 0.4) is 0 Å². The van der Waals surface area contributed by atoms with Crippen molar-refractivity contribution in [3.05, 3.63) is 17.7 Å². The molecule has 0 spiro atoms. The summed E-state index contributed by atoms with van der Waals surface area (Å²) in [7, 11) is -2.17. The molecule has 0 saturated carbocycles. The van der Waals surface area contributed by atoms with Gasteiger partial charge in [0.15, 0.2) is 0 Å². The molecule has 1 aromatic carbocycles. The van der Waals surface area contributed by atoms with Crippen LogP contribution in [0.5, 0.6) is 0 Å². The molecule has 0 aliphatic carbocycles. The summed E-state index contributed by atoms with van der Waals surface area (Å²) in [5.41, 5.74) is 7.18. The van der Waals surface area contributed by atoms with Gasteiger partial charge in [0.1, 0.15) is 0 Å². The number of nitrogens with two attached hydrogens (primary N) is 2. The summed E-state index contributed by atoms with van der Waals surface area (Å²) in [5, 5.41) is 8.16. The standard InChI is InChI=1S/C10H17N3O3S/c1-7-9(13-3-4-16-2)5-8(11)6-10(7)17(12,14)15/h5-6,13H,3-4,11H2,1-2H3,(H2,12,14,15). The van der Waals surface area contributed by atoms with Gasteiger partial charge in [-0.05, 0) is 24.6 Å². The molecule has 6 nitrogen and oxygen atoms in total. The van der Waals surface area contributed by atoms with Crippen LogP contribution in [0.4, 0.5) is 11.4 Å². The molecule has 0 aliphatic heterocycles. The van der Waals surface area contributed by atoms with Crippen LogP contribution < -0.4 is 16.2 Å². The van der Waals surface area contributed by atoms with E-state index in [1.54, 1.807) is 20.1 Å². The molecule has 0 amide bonds. The van der Waals surface area contributed by atoms with Crippen molar-refractivity contribution in [3.8, 4) is 0 Å². The Balaban J connectivity index is 3.11. The van der Waals surface area contributed by atoms with Gasteiger partial charge in [0.05, 0.1) is 11.5 Å². The average Bonchev–Trinajstić information content (AvgIpc) is 2.21. The van der Waals surface area contributed by atoms with Crippen molar-refractivity contribution < 1.29 is 13.2 Å². The van der Waals surface area contributed by atoms with E-state index in [9.17, 15) is 8.42 Å². The largest absolute Gasteiger partial charge is 0.399 e. The highest BCUT2D eigenvalue weighted by Gasteiger charge is 2.15. The molecule has 1 aromatic rings. The number of anilines is 2. The van der Waals surface area contributed by atoms with Crippen molar-refractivity contribution in [3.63, 3.8) is 0 Å². The van der Waals surface area contributed by atoms with E-state index in [4.69, 9.17) is 15.6 Å². The van der Waals surface area contributed by atoms with E-state index in [1.165, 1.54) is 6.07 Å². The van der Waals surface area contributed by atoms with Gasteiger partial charge >= 0.3 is 0 Å². The molecule has 0 aromatic heterocycles. The van der Waals surface area contributed by atoms with Gasteiger partial charge in [-0.1, -0.05) is 0 Å². The van der Waals surface area contributed by atoms with Crippen molar-refractivity contribution in [2.45, 2.75) is 11.8 Å². The maximum absolute atomic E-state index is 11.4. The lowest BCUT2D eigenvalue weighted by atomic mass is 10.2. The summed E-state index contributed by atoms with van der Waals surface area (Å²) in [5.74, 6) is 0. The summed E-state index contributed by atoms with van der Waals surface area (Å²) >= 11 is 0. The Hall–Kier alpha value is -1.31. The van der Waals surface area contributed by atoms with E-state index in [-0.39, 0.29) is 4.90 Å². The van der Waals surface area contributed by atoms with Crippen LogP contribution in [-0.2, 0) is 14.8 Å². The van der Waals surface area contributed by atoms with Crippen LogP contribution in [0.25, 0.3) is 0 Å². The highest BCUT2D eigenvalue weighted by molar-refractivity contribution is 7.89. The predicted molar refractivity (Wildman–Crippen MR) is 67.3 cm³/mol. The summed E-state index contributed by atoms with van der Waals surface area (Å²) in [6.45, 7) is 2.75. The van der Waals surface area contributed by atoms with Gasteiger partial charge in [0.2, 0.25) is 10.0 Å². The van der Waals surface area contributed by atoms with Crippen molar-refractivity contribution in [1.29, 1.82) is 0 Å². The number of rotatable bonds is 5. The van der Waals surface area contributed by atoms with E-state index in [2.05, 4.69) is 5.32 Å². The van der Waals surface area contributed by atoms with Gasteiger partial charge in [-0.15, -0.1) is 0 Å². The molecule has 0 unspecified atom stereocenters. The lowest BCUT2D eigenvalue weighted by Gasteiger charge is -2.13. The molecular formula is C10H17N3O3S. The number of ether oxygens (including phenoxy) is 1. The zero-order valence-corrected chi connectivity index (χ0v) is 10.7. The van der Waals surface area contributed by atoms with Gasteiger partial charge in [-0.3, -0.25) is 0 Å². The topological polar surface area (TPSA) is 107 Å². The third-order valence-corrected chi connectivity index (χ3v) is 3.35. The maximum atomic E-state index is 11.4. The minimum absolute atomic E-state index is 0.0393. The Morgan fingerprint density at radius 3 is 2.59 bits per heavy atom. The third-order valence-electron chi connectivity index (χ3n) is 2.31. The molecule has 0 aliphatic rings. The molecule has 0 saturated heterocycles. The summed E-state index contributed by atoms with van der Waals surface area (Å²) in [4.78, 5) is 0.0393. The monoisotopic (exact) mass is 259 g/mol. The Morgan fingerprint density at radius 2 is 2.06 bits per heavy atom. The predicted octanol–water partition coefficient (Wildman–Crippen LogP) is 0.283. The second-order valence-corrected chi connectivity index (χ2v) is 5.19. The molecule has 5 N–H and O–H groups in total. The van der Waals surface area contributed by atoms with Crippen LogP contribution in [0.1, 0.15) is 5.56 Å². The molecule has 0 fully saturated rings. The number of methoxy groups -OCH3 is 1. The zero-order valence-electron chi connectivity index (χ0n) is 9.86. The van der Waals surface area contributed by atoms with Gasteiger partial charge < -0.3 is 15.8 Å². The highest BCUT2D eigenvalue weighted by atomic mass is 32.2. The fourth-order valence-electron chi connectivity index (χ4n) is 1.48. The van der Waals surface area contributed by atoms with Crippen molar-refractivity contribution in [2.75, 3.05) is 31.3 Å². The molecule has 0 bridgehead atoms. The molecule has 96 valence electrons. The fourth-order valence-corrected chi connectivity index (χ4v) is 2.31. The van der Waals surface area contributed by atoms with Crippen LogP contribution in [0.2, 0.25) is 0 Å². The zero-order chi connectivity index (χ0) is 13.1. The molecule has 17 heavy (non-hydrogen) atoms. The Labute approximate surface area is 101 Å². The van der Waals surface area contributed by atoms with Gasteiger partial charge in [0, 0.05) is 25.0 Å². The quantitative estimate of drug-likeness (QED) is 0.520. The Bertz CT molecular complexity index is 500. The van der Waals surface area contributed by atoms with Crippen molar-refractivity contribution in [2.24, 2.45) is 5.14 Å². The van der Waals surface area contributed by atoms with E-state index in [1.807, 2.05) is 0 Å². The third kappa shape index (κ3) is 3.58. The average molecular weight is 259 g/mol. The fraction of sp³-hybridized carbons (Fsp3) is 0.400. The smallest absolute Gasteiger partial charge is 0.238 e. The molecule has 0 radical (unpaired) electrons. The normalized spacial score (nSPS) is 11.5. The lowest BCUT2D eigenvalue weighted by molar-refractivity contribution is 0.211. The van der Waals surface area contributed by atoms with Crippen LogP contribution >= 0.6 is 0 Å². The minimum Gasteiger partial charge on any atom is -0.399 e. The molecule has 1 rings (SSSR count). The summed E-state index contributed by atoms with van der Waals surface area (Å²) < 4.78 is 27.6. The summed E-state index contributed by atoms with van der Waals surface area (Å²) in [6.07, 6.45) is 0. The Kier molecular flexibility index (Phi) is 4.33. The number of hydrogen-bond donors (Lipinski definition) is 3. The first kappa shape index (κ1) is 13.8. The molecule has 0 heterocycles. The second kappa shape index (κ2) is 5.35. The van der Waals surface area contributed by atoms with E-state index in [0.717, 1.165) is 0 Å². The molecular weight excluding hydrogens is 242 g/mol.